The molecule has 1 aliphatic heterocycles. The van der Waals surface area contributed by atoms with Crippen molar-refractivity contribution in [1.29, 1.82) is 0 Å². The van der Waals surface area contributed by atoms with E-state index in [1.54, 1.807) is 30.3 Å². The molecule has 0 fully saturated rings. The number of nitrogens with one attached hydrogen (secondary N) is 1. The molecule has 0 spiro atoms. The fraction of sp³-hybridized carbons (Fsp3) is 0.364. The minimum Gasteiger partial charge on any atom is -0.542 e. The molecule has 1 aliphatic carbocycles. The normalized spacial score (nSPS) is 19.9. The van der Waals surface area contributed by atoms with Crippen LogP contribution in [0.5, 0.6) is 11.5 Å². The van der Waals surface area contributed by atoms with E-state index in [1.165, 1.54) is 0 Å². The highest BCUT2D eigenvalue weighted by atomic mass is 35.5. The van der Waals surface area contributed by atoms with Crippen LogP contribution in [0.1, 0.15) is 35.6 Å². The molecule has 2 aliphatic rings. The highest BCUT2D eigenvalue weighted by Gasteiger charge is 2.46. The van der Waals surface area contributed by atoms with Crippen LogP contribution >= 0.6 is 11.6 Å². The van der Waals surface area contributed by atoms with Gasteiger partial charge in [-0.2, -0.15) is 0 Å². The molecule has 164 valence electrons. The first-order valence-corrected chi connectivity index (χ1v) is 10.3. The molecule has 9 heteroatoms. The van der Waals surface area contributed by atoms with Gasteiger partial charge in [0, 0.05) is 17.6 Å². The number of rotatable bonds is 6. The van der Waals surface area contributed by atoms with Gasteiger partial charge < -0.3 is 39.7 Å². The smallest absolute Gasteiger partial charge is 0.335 e. The standard InChI is InChI=1S/C22H22ClNO7/c23-15-5-1-4-13(7-15)17(25)11-24-16-6-2-3-12-9-18-19(10-14(12)8-16)31-22(30-18,20(26)27)21(28)29/h1,4-5,7,9-10,16-17,24-25H,2-3,6,8,11H2,(H,26,27)(H,28,29)/p-2/t16-,17-/m0/s1. The number of carboxylic acids is 2. The number of carbonyl (C=O) groups is 2. The lowest BCUT2D eigenvalue weighted by atomic mass is 10.0. The summed E-state index contributed by atoms with van der Waals surface area (Å²) in [6.45, 7) is 0.337. The number of aliphatic hydroxyl groups excluding tert-OH is 1. The van der Waals surface area contributed by atoms with Crippen molar-refractivity contribution in [3.05, 3.63) is 58.1 Å². The topological polar surface area (TPSA) is 131 Å². The zero-order chi connectivity index (χ0) is 22.2. The number of benzene rings is 2. The van der Waals surface area contributed by atoms with Crippen LogP contribution in [-0.4, -0.2) is 35.4 Å². The van der Waals surface area contributed by atoms with Gasteiger partial charge in [0.1, 0.15) is 11.9 Å². The largest absolute Gasteiger partial charge is 0.542 e. The van der Waals surface area contributed by atoms with Gasteiger partial charge >= 0.3 is 5.79 Å². The first-order valence-electron chi connectivity index (χ1n) is 9.92. The summed E-state index contributed by atoms with van der Waals surface area (Å²) in [6, 6.07) is 10.3. The van der Waals surface area contributed by atoms with Crippen molar-refractivity contribution in [3.8, 4) is 11.5 Å². The van der Waals surface area contributed by atoms with Crippen LogP contribution in [0.25, 0.3) is 0 Å². The summed E-state index contributed by atoms with van der Waals surface area (Å²) in [5.41, 5.74) is 2.54. The van der Waals surface area contributed by atoms with E-state index in [0.717, 1.165) is 29.5 Å². The molecule has 0 unspecified atom stereocenters. The Bertz CT molecular complexity index is 1010. The van der Waals surface area contributed by atoms with E-state index in [0.29, 0.717) is 24.4 Å². The molecule has 2 N–H and O–H groups in total. The van der Waals surface area contributed by atoms with Crippen LogP contribution in [0.2, 0.25) is 5.02 Å². The predicted molar refractivity (Wildman–Crippen MR) is 105 cm³/mol. The third-order valence-electron chi connectivity index (χ3n) is 5.61. The molecule has 0 amide bonds. The Hall–Kier alpha value is -2.81. The van der Waals surface area contributed by atoms with E-state index < -0.39 is 23.8 Å². The van der Waals surface area contributed by atoms with Crippen LogP contribution in [0, 0.1) is 0 Å². The Kier molecular flexibility index (Phi) is 5.79. The SMILES string of the molecule is O=C([O-])C1(C(=O)[O-])Oc2cc3c(cc2O1)C[C@@H](NC[C@H](O)c1cccc(Cl)c1)CCC3. The zero-order valence-corrected chi connectivity index (χ0v) is 17.2. The van der Waals surface area contributed by atoms with Gasteiger partial charge in [-0.05, 0) is 66.6 Å². The molecule has 4 rings (SSSR count). The van der Waals surface area contributed by atoms with Gasteiger partial charge in [-0.15, -0.1) is 0 Å². The zero-order valence-electron chi connectivity index (χ0n) is 16.4. The van der Waals surface area contributed by atoms with Gasteiger partial charge in [-0.1, -0.05) is 23.7 Å². The third kappa shape index (κ3) is 4.19. The molecule has 2 aromatic carbocycles. The number of aryl methyl sites for hydroxylation is 1. The maximum Gasteiger partial charge on any atom is 0.335 e. The maximum atomic E-state index is 11.3. The Balaban J connectivity index is 1.48. The van der Waals surface area contributed by atoms with E-state index in [9.17, 15) is 24.9 Å². The van der Waals surface area contributed by atoms with Crippen LogP contribution in [-0.2, 0) is 22.4 Å². The molecule has 0 aromatic heterocycles. The number of hydrogen-bond acceptors (Lipinski definition) is 8. The van der Waals surface area contributed by atoms with Crippen LogP contribution in [0.3, 0.4) is 0 Å². The molecule has 0 saturated carbocycles. The second-order valence-electron chi connectivity index (χ2n) is 7.74. The number of carbonyl (C=O) groups excluding carboxylic acids is 2. The molecular weight excluding hydrogens is 426 g/mol. The second-order valence-corrected chi connectivity index (χ2v) is 8.17. The fourth-order valence-electron chi connectivity index (χ4n) is 4.00. The summed E-state index contributed by atoms with van der Waals surface area (Å²) < 4.78 is 10.2. The van der Waals surface area contributed by atoms with Crippen LogP contribution < -0.4 is 25.0 Å². The number of fused-ring (bicyclic) bond motifs is 2. The predicted octanol–water partition coefficient (Wildman–Crippen LogP) is -0.122. The number of halogens is 1. The Labute approximate surface area is 183 Å². The highest BCUT2D eigenvalue weighted by molar-refractivity contribution is 6.30. The van der Waals surface area contributed by atoms with Crippen molar-refractivity contribution in [2.24, 2.45) is 0 Å². The molecule has 8 nitrogen and oxygen atoms in total. The summed E-state index contributed by atoms with van der Waals surface area (Å²) in [7, 11) is 0. The lowest BCUT2D eigenvalue weighted by molar-refractivity contribution is -0.362. The molecule has 0 radical (unpaired) electrons. The van der Waals surface area contributed by atoms with Crippen molar-refractivity contribution in [1.82, 2.24) is 5.32 Å². The first kappa shape index (κ1) is 21.4. The molecule has 2 atom stereocenters. The molecule has 1 heterocycles. The molecule has 2 aromatic rings. The number of hydrogen-bond donors (Lipinski definition) is 2. The van der Waals surface area contributed by atoms with E-state index in [1.807, 2.05) is 6.07 Å². The van der Waals surface area contributed by atoms with Gasteiger partial charge in [-0.25, -0.2) is 0 Å². The summed E-state index contributed by atoms with van der Waals surface area (Å²) in [5.74, 6) is -7.00. The van der Waals surface area contributed by atoms with E-state index in [4.69, 9.17) is 21.1 Å². The Morgan fingerprint density at radius 3 is 2.48 bits per heavy atom. The Morgan fingerprint density at radius 1 is 1.16 bits per heavy atom. The van der Waals surface area contributed by atoms with Gasteiger partial charge in [0.05, 0.1) is 6.10 Å². The van der Waals surface area contributed by atoms with Crippen molar-refractivity contribution >= 4 is 23.5 Å². The molecule has 0 bridgehead atoms. The summed E-state index contributed by atoms with van der Waals surface area (Å²) in [5, 5.41) is 37.0. The van der Waals surface area contributed by atoms with Gasteiger partial charge in [-0.3, -0.25) is 0 Å². The van der Waals surface area contributed by atoms with E-state index in [2.05, 4.69) is 5.32 Å². The minimum atomic E-state index is -2.99. The van der Waals surface area contributed by atoms with Crippen molar-refractivity contribution < 1.29 is 34.4 Å². The average Bonchev–Trinajstić information content (AvgIpc) is 3.00. The van der Waals surface area contributed by atoms with Crippen molar-refractivity contribution in [2.75, 3.05) is 6.54 Å². The number of aliphatic carboxylic acids is 2. The minimum absolute atomic E-state index is 0.0202. The molecule has 0 saturated heterocycles. The summed E-state index contributed by atoms with van der Waals surface area (Å²) in [4.78, 5) is 22.6. The maximum absolute atomic E-state index is 11.3. The summed E-state index contributed by atoms with van der Waals surface area (Å²) >= 11 is 5.99. The third-order valence-corrected chi connectivity index (χ3v) is 5.84. The fourth-order valence-corrected chi connectivity index (χ4v) is 4.20. The Morgan fingerprint density at radius 2 is 1.84 bits per heavy atom. The first-order chi connectivity index (χ1) is 14.8. The number of carboxylic acid groups (broad SMARTS) is 2. The van der Waals surface area contributed by atoms with Crippen LogP contribution in [0.4, 0.5) is 0 Å². The molecular formula is C22H20ClNO7-2. The lowest BCUT2D eigenvalue weighted by Crippen LogP contribution is -2.64. The highest BCUT2D eigenvalue weighted by Crippen LogP contribution is 2.42. The van der Waals surface area contributed by atoms with Crippen LogP contribution in [0.15, 0.2) is 36.4 Å². The van der Waals surface area contributed by atoms with E-state index >= 15 is 0 Å². The summed E-state index contributed by atoms with van der Waals surface area (Å²) in [6.07, 6.45) is 2.31. The van der Waals surface area contributed by atoms with Crippen molar-refractivity contribution in [2.45, 2.75) is 43.6 Å². The number of ether oxygens (including phenoxy) is 2. The van der Waals surface area contributed by atoms with Crippen molar-refractivity contribution in [3.63, 3.8) is 0 Å². The van der Waals surface area contributed by atoms with Gasteiger partial charge in [0.15, 0.2) is 11.5 Å². The molecule has 31 heavy (non-hydrogen) atoms. The lowest BCUT2D eigenvalue weighted by Gasteiger charge is -2.28. The van der Waals surface area contributed by atoms with E-state index in [-0.39, 0.29) is 17.5 Å². The van der Waals surface area contributed by atoms with Gasteiger partial charge in [0.25, 0.3) is 0 Å². The van der Waals surface area contributed by atoms with Gasteiger partial charge in [0.2, 0.25) is 0 Å². The average molecular weight is 446 g/mol. The monoisotopic (exact) mass is 445 g/mol. The quantitative estimate of drug-likeness (QED) is 0.464. The second kappa shape index (κ2) is 8.37. The number of aliphatic hydroxyl groups is 1.